The first kappa shape index (κ1) is 18.9. The lowest BCUT2D eigenvalue weighted by atomic mass is 10.1. The van der Waals surface area contributed by atoms with Gasteiger partial charge in [-0.05, 0) is 12.1 Å². The second-order valence-electron chi connectivity index (χ2n) is 5.33. The van der Waals surface area contributed by atoms with E-state index in [1.165, 1.54) is 0 Å². The second-order valence-corrected chi connectivity index (χ2v) is 9.16. The Balaban J connectivity index is 2.55. The molecular weight excluding hydrogens is 416 g/mol. The molecule has 1 aromatic carbocycles. The lowest BCUT2D eigenvalue weighted by Gasteiger charge is -2.05. The number of thiophene rings is 1. The number of hydrogen-bond acceptors (Lipinski definition) is 8. The van der Waals surface area contributed by atoms with Gasteiger partial charge in [-0.1, -0.05) is 6.58 Å². The van der Waals surface area contributed by atoms with Gasteiger partial charge >= 0.3 is 0 Å². The van der Waals surface area contributed by atoms with Crippen molar-refractivity contribution in [3.8, 4) is 12.1 Å². The normalized spacial score (nSPS) is 14.1. The number of rotatable bonds is 2. The third-order valence-corrected chi connectivity index (χ3v) is 6.90. The van der Waals surface area contributed by atoms with Gasteiger partial charge in [-0.3, -0.25) is 13.9 Å². The first-order valence-electron chi connectivity index (χ1n) is 6.76. The zero-order valence-electron chi connectivity index (χ0n) is 12.9. The molecule has 2 aromatic rings. The van der Waals surface area contributed by atoms with Crippen molar-refractivity contribution in [3.05, 3.63) is 40.3 Å². The quantitative estimate of drug-likeness (QED) is 0.416. The Morgan fingerprint density at radius 2 is 1.56 bits per heavy atom. The molecule has 0 unspecified atom stereocenters. The van der Waals surface area contributed by atoms with Crippen molar-refractivity contribution in [2.45, 2.75) is 9.79 Å². The van der Waals surface area contributed by atoms with Gasteiger partial charge in [0.2, 0.25) is 0 Å². The van der Waals surface area contributed by atoms with E-state index in [4.69, 9.17) is 10.5 Å². The van der Waals surface area contributed by atoms with Crippen molar-refractivity contribution in [1.29, 1.82) is 10.5 Å². The highest BCUT2D eigenvalue weighted by Crippen LogP contribution is 2.47. The Labute approximate surface area is 156 Å². The highest BCUT2D eigenvalue weighted by Gasteiger charge is 2.36. The highest BCUT2D eigenvalue weighted by molar-refractivity contribution is 7.89. The average molecular weight is 422 g/mol. The summed E-state index contributed by atoms with van der Waals surface area (Å²) in [5, 5.41) is 18.2. The fourth-order valence-electron chi connectivity index (χ4n) is 2.71. The zero-order valence-corrected chi connectivity index (χ0v) is 15.4. The first-order chi connectivity index (χ1) is 12.4. The van der Waals surface area contributed by atoms with Crippen LogP contribution < -0.4 is 0 Å². The van der Waals surface area contributed by atoms with Crippen molar-refractivity contribution >= 4 is 53.0 Å². The summed E-state index contributed by atoms with van der Waals surface area (Å²) >= 11 is 0.817. The Hall–Kier alpha value is -2.87. The Morgan fingerprint density at radius 1 is 1.04 bits per heavy atom. The van der Waals surface area contributed by atoms with E-state index in [1.54, 1.807) is 12.1 Å². The van der Waals surface area contributed by atoms with Crippen LogP contribution in [0.25, 0.3) is 15.7 Å². The summed E-state index contributed by atoms with van der Waals surface area (Å²) in [5.74, 6) is -0.671. The summed E-state index contributed by atoms with van der Waals surface area (Å²) in [5.41, 5.74) is -0.611. The number of hydrogen-bond donors (Lipinski definition) is 2. The molecule has 3 rings (SSSR count). The average Bonchev–Trinajstić information content (AvgIpc) is 3.03. The van der Waals surface area contributed by atoms with Gasteiger partial charge < -0.3 is 0 Å². The van der Waals surface area contributed by atoms with E-state index >= 15 is 0 Å². The molecule has 0 bridgehead atoms. The topological polar surface area (TPSA) is 173 Å². The molecule has 1 aliphatic carbocycles. The summed E-state index contributed by atoms with van der Waals surface area (Å²) < 4.78 is 64.8. The molecule has 0 saturated carbocycles. The molecule has 0 fully saturated rings. The summed E-state index contributed by atoms with van der Waals surface area (Å²) in [6, 6.07) is 4.82. The van der Waals surface area contributed by atoms with Gasteiger partial charge in [0.05, 0.1) is 0 Å². The van der Waals surface area contributed by atoms with Crippen LogP contribution in [0.2, 0.25) is 0 Å². The van der Waals surface area contributed by atoms with Crippen LogP contribution in [0.4, 0.5) is 0 Å². The number of nitrogens with zero attached hydrogens (tertiary/aromatic N) is 2. The van der Waals surface area contributed by atoms with Crippen molar-refractivity contribution in [2.24, 2.45) is 0 Å². The number of ketones is 1. The lowest BCUT2D eigenvalue weighted by molar-refractivity contribution is 0.104. The van der Waals surface area contributed by atoms with Crippen LogP contribution >= 0.6 is 11.3 Å². The van der Waals surface area contributed by atoms with E-state index in [0.717, 1.165) is 23.5 Å². The molecule has 12 heteroatoms. The van der Waals surface area contributed by atoms with Gasteiger partial charge in [-0.2, -0.15) is 27.4 Å². The summed E-state index contributed by atoms with van der Waals surface area (Å²) in [4.78, 5) is 10.5. The highest BCUT2D eigenvalue weighted by atomic mass is 32.2. The summed E-state index contributed by atoms with van der Waals surface area (Å²) in [6.45, 7) is 3.55. The fourth-order valence-corrected chi connectivity index (χ4v) is 5.88. The molecule has 2 N–H and O–H groups in total. The van der Waals surface area contributed by atoms with Crippen LogP contribution in [-0.4, -0.2) is 31.7 Å². The minimum atomic E-state index is -5.06. The predicted octanol–water partition coefficient (Wildman–Crippen LogP) is 1.95. The number of nitriles is 2. The van der Waals surface area contributed by atoms with Gasteiger partial charge in [0.1, 0.15) is 27.5 Å². The number of allylic oxidation sites excluding steroid dienone is 3. The Morgan fingerprint density at radius 3 is 2.04 bits per heavy atom. The van der Waals surface area contributed by atoms with E-state index in [9.17, 15) is 30.7 Å². The molecule has 27 heavy (non-hydrogen) atoms. The molecule has 0 radical (unpaired) electrons. The largest absolute Gasteiger partial charge is 0.295 e. The van der Waals surface area contributed by atoms with Gasteiger partial charge in [-0.15, -0.1) is 11.3 Å². The zero-order chi connectivity index (χ0) is 20.3. The summed E-state index contributed by atoms with van der Waals surface area (Å²) in [7, 11) is -10.1. The number of benzene rings is 1. The van der Waals surface area contributed by atoms with Gasteiger partial charge in [0.25, 0.3) is 20.2 Å². The van der Waals surface area contributed by atoms with Crippen LogP contribution in [0.5, 0.6) is 0 Å². The van der Waals surface area contributed by atoms with Crippen LogP contribution in [0, 0.1) is 22.7 Å². The van der Waals surface area contributed by atoms with Crippen LogP contribution in [0.15, 0.2) is 39.6 Å². The van der Waals surface area contributed by atoms with E-state index in [1.807, 2.05) is 0 Å². The minimum absolute atomic E-state index is 0.0218. The van der Waals surface area contributed by atoms with E-state index in [-0.39, 0.29) is 37.2 Å². The maximum atomic E-state index is 12.5. The molecule has 1 aliphatic rings. The van der Waals surface area contributed by atoms with Crippen LogP contribution in [-0.2, 0) is 20.2 Å². The van der Waals surface area contributed by atoms with Gasteiger partial charge in [0.15, 0.2) is 5.78 Å². The van der Waals surface area contributed by atoms with Crippen molar-refractivity contribution in [3.63, 3.8) is 0 Å². The third-order valence-electron chi connectivity index (χ3n) is 3.81. The number of carbonyl (C=O) groups is 1. The minimum Gasteiger partial charge on any atom is -0.289 e. The molecule has 136 valence electrons. The van der Waals surface area contributed by atoms with Crippen molar-refractivity contribution in [2.75, 3.05) is 0 Å². The lowest BCUT2D eigenvalue weighted by Crippen LogP contribution is -2.08. The number of Topliss-reactive ketones (excluding diaryl/α,β-unsaturated/α-hetero) is 1. The smallest absolute Gasteiger partial charge is 0.289 e. The molecule has 1 heterocycles. The number of carbonyl (C=O) groups excluding carboxylic acids is 1. The Bertz CT molecular complexity index is 1400. The van der Waals surface area contributed by atoms with E-state index in [0.29, 0.717) is 0 Å². The van der Waals surface area contributed by atoms with Gasteiger partial charge in [-0.25, -0.2) is 0 Å². The van der Waals surface area contributed by atoms with Crippen LogP contribution in [0.3, 0.4) is 0 Å². The summed E-state index contributed by atoms with van der Waals surface area (Å²) in [6.07, 6.45) is 0. The van der Waals surface area contributed by atoms with Crippen molar-refractivity contribution < 1.29 is 30.7 Å². The SMILES string of the molecule is C=C1C(=O)c2c(sc3cc(S(=O)(=O)O)c(S(=O)(=O)O)cc23)C1=C(C#N)C#N. The predicted molar refractivity (Wildman–Crippen MR) is 93.1 cm³/mol. The monoisotopic (exact) mass is 422 g/mol. The first-order valence-corrected chi connectivity index (χ1v) is 10.5. The second kappa shape index (κ2) is 5.82. The van der Waals surface area contributed by atoms with E-state index < -0.39 is 35.8 Å². The molecule has 0 spiro atoms. The van der Waals surface area contributed by atoms with Crippen molar-refractivity contribution in [1.82, 2.24) is 0 Å². The third kappa shape index (κ3) is 2.76. The Kier molecular flexibility index (Phi) is 4.07. The molecule has 9 nitrogen and oxygen atoms in total. The molecule has 0 aliphatic heterocycles. The van der Waals surface area contributed by atoms with E-state index in [2.05, 4.69) is 6.58 Å². The molecule has 0 saturated heterocycles. The molecule has 0 atom stereocenters. The number of fused-ring (bicyclic) bond motifs is 3. The van der Waals surface area contributed by atoms with Crippen LogP contribution in [0.1, 0.15) is 15.2 Å². The molecule has 1 aromatic heterocycles. The maximum absolute atomic E-state index is 12.5. The van der Waals surface area contributed by atoms with Gasteiger partial charge in [0, 0.05) is 31.7 Å². The fraction of sp³-hybridized carbons (Fsp3) is 0. The maximum Gasteiger partial charge on any atom is 0.295 e. The molecular formula is C15H6N2O7S3. The molecule has 0 amide bonds. The standard InChI is InChI=1S/C15H6N2O7S3/c1-6-12(7(4-16)5-17)15-13(14(6)18)8-2-10(26(19,20)21)11(27(22,23)24)3-9(8)25-15/h2-3H,1H2,(H,19,20,21)(H,22,23,24).